The fraction of sp³-hybridized carbons (Fsp3) is 0.652. The largest absolute Gasteiger partial charge is 0.367 e. The monoisotopic (exact) mass is 326 g/mol. The Balaban J connectivity index is 1.93. The summed E-state index contributed by atoms with van der Waals surface area (Å²) in [6, 6.07) is 11.1. The number of unbranched alkanes of at least 4 members (excludes halogenated alkanes) is 3. The summed E-state index contributed by atoms with van der Waals surface area (Å²) in [5, 5.41) is 0. The molecule has 1 fully saturated rings. The van der Waals surface area contributed by atoms with Crippen LogP contribution in [0.5, 0.6) is 0 Å². The van der Waals surface area contributed by atoms with Crippen LogP contribution in [0, 0.1) is 5.92 Å². The van der Waals surface area contributed by atoms with E-state index < -0.39 is 0 Å². The number of hydrogen-bond donors (Lipinski definition) is 0. The second-order valence-electron chi connectivity index (χ2n) is 8.00. The number of allylic oxidation sites excluding steroid dienone is 1. The quantitative estimate of drug-likeness (QED) is 0.478. The maximum atomic E-state index is 6.69. The van der Waals surface area contributed by atoms with Crippen molar-refractivity contribution >= 4 is 5.57 Å². The summed E-state index contributed by atoms with van der Waals surface area (Å²) >= 11 is 0. The predicted molar refractivity (Wildman–Crippen MR) is 103 cm³/mol. The Morgan fingerprint density at radius 1 is 1.12 bits per heavy atom. The lowest BCUT2D eigenvalue weighted by Crippen LogP contribution is -2.37. The first-order valence-corrected chi connectivity index (χ1v) is 10.1. The Hall–Kier alpha value is -1.08. The predicted octanol–water partition coefficient (Wildman–Crippen LogP) is 6.78. The van der Waals surface area contributed by atoms with Crippen LogP contribution in [0.1, 0.15) is 84.1 Å². The molecule has 2 aliphatic rings. The Bertz CT molecular complexity index is 557. The fourth-order valence-corrected chi connectivity index (χ4v) is 5.02. The van der Waals surface area contributed by atoms with Crippen molar-refractivity contribution in [2.75, 3.05) is 0 Å². The Morgan fingerprint density at radius 2 is 1.92 bits per heavy atom. The molecule has 2 atom stereocenters. The van der Waals surface area contributed by atoms with Gasteiger partial charge >= 0.3 is 0 Å². The van der Waals surface area contributed by atoms with E-state index in [1.165, 1.54) is 63.4 Å². The van der Waals surface area contributed by atoms with E-state index in [1.54, 1.807) is 11.1 Å². The van der Waals surface area contributed by atoms with Crippen LogP contribution in [0.3, 0.4) is 0 Å². The zero-order valence-corrected chi connectivity index (χ0v) is 15.8. The second kappa shape index (κ2) is 7.87. The zero-order chi connectivity index (χ0) is 17.0. The van der Waals surface area contributed by atoms with Crippen LogP contribution in [0.2, 0.25) is 0 Å². The van der Waals surface area contributed by atoms with E-state index in [2.05, 4.69) is 51.1 Å². The molecular weight excluding hydrogens is 292 g/mol. The summed E-state index contributed by atoms with van der Waals surface area (Å²) in [5.41, 5.74) is 4.67. The molecule has 0 aromatic heterocycles. The Labute approximate surface area is 148 Å². The summed E-state index contributed by atoms with van der Waals surface area (Å²) < 4.78 is 6.69. The van der Waals surface area contributed by atoms with Gasteiger partial charge in [0, 0.05) is 0 Å². The number of fused-ring (bicyclic) bond motifs is 1. The summed E-state index contributed by atoms with van der Waals surface area (Å²) in [4.78, 5) is 0. The van der Waals surface area contributed by atoms with Gasteiger partial charge in [-0.1, -0.05) is 62.1 Å². The van der Waals surface area contributed by atoms with Gasteiger partial charge in [0.2, 0.25) is 0 Å². The van der Waals surface area contributed by atoms with Crippen LogP contribution in [-0.4, -0.2) is 11.7 Å². The topological polar surface area (TPSA) is 9.23 Å². The first-order valence-electron chi connectivity index (χ1n) is 10.1. The summed E-state index contributed by atoms with van der Waals surface area (Å²) in [5.74, 6) is 0.705. The van der Waals surface area contributed by atoms with E-state index in [0.717, 1.165) is 0 Å². The maximum absolute atomic E-state index is 6.69. The van der Waals surface area contributed by atoms with Gasteiger partial charge in [-0.2, -0.15) is 0 Å². The van der Waals surface area contributed by atoms with E-state index in [0.29, 0.717) is 12.0 Å². The van der Waals surface area contributed by atoms with E-state index in [9.17, 15) is 0 Å². The third kappa shape index (κ3) is 3.47. The smallest absolute Gasteiger partial charge is 0.0971 e. The number of benzene rings is 1. The molecule has 1 heteroatoms. The minimum atomic E-state index is -0.00436. The molecule has 2 aliphatic carbocycles. The average molecular weight is 327 g/mol. The highest BCUT2D eigenvalue weighted by atomic mass is 16.5. The van der Waals surface area contributed by atoms with Gasteiger partial charge in [0.15, 0.2) is 0 Å². The molecule has 0 amide bonds. The highest BCUT2D eigenvalue weighted by molar-refractivity contribution is 5.78. The maximum Gasteiger partial charge on any atom is 0.0971 e. The lowest BCUT2D eigenvalue weighted by atomic mass is 9.84. The van der Waals surface area contributed by atoms with Gasteiger partial charge in [-0.3, -0.25) is 0 Å². The van der Waals surface area contributed by atoms with Gasteiger partial charge in [-0.05, 0) is 69.4 Å². The molecule has 0 N–H and O–H groups in total. The van der Waals surface area contributed by atoms with Crippen molar-refractivity contribution in [1.82, 2.24) is 0 Å². The molecule has 0 aliphatic heterocycles. The molecule has 1 aromatic carbocycles. The van der Waals surface area contributed by atoms with E-state index in [-0.39, 0.29) is 5.60 Å². The highest BCUT2D eigenvalue weighted by Gasteiger charge is 2.52. The molecule has 0 heterocycles. The molecular formula is C23H34O. The second-order valence-corrected chi connectivity index (χ2v) is 8.00. The van der Waals surface area contributed by atoms with Crippen LogP contribution in [0.25, 0.3) is 5.57 Å². The average Bonchev–Trinajstić information content (AvgIpc) is 3.06. The number of rotatable bonds is 8. The van der Waals surface area contributed by atoms with Crippen molar-refractivity contribution < 1.29 is 4.74 Å². The minimum Gasteiger partial charge on any atom is -0.367 e. The van der Waals surface area contributed by atoms with Gasteiger partial charge in [0.05, 0.1) is 11.7 Å². The van der Waals surface area contributed by atoms with E-state index in [4.69, 9.17) is 4.74 Å². The molecule has 1 saturated carbocycles. The summed E-state index contributed by atoms with van der Waals surface area (Å²) in [7, 11) is 0. The molecule has 0 spiro atoms. The normalized spacial score (nSPS) is 26.4. The van der Waals surface area contributed by atoms with Crippen molar-refractivity contribution in [3.63, 3.8) is 0 Å². The fourth-order valence-electron chi connectivity index (χ4n) is 5.02. The van der Waals surface area contributed by atoms with Crippen molar-refractivity contribution in [3.8, 4) is 0 Å². The van der Waals surface area contributed by atoms with Gasteiger partial charge in [-0.25, -0.2) is 0 Å². The Kier molecular flexibility index (Phi) is 5.81. The van der Waals surface area contributed by atoms with E-state index in [1.807, 2.05) is 0 Å². The SMILES string of the molecule is CCCCCCC1=C(c2ccccc2)[C@]2(OC(C)C)CCC[C@@H]2C1. The molecule has 0 radical (unpaired) electrons. The first-order chi connectivity index (χ1) is 11.7. The number of hydrogen-bond acceptors (Lipinski definition) is 1. The van der Waals surface area contributed by atoms with Gasteiger partial charge < -0.3 is 4.74 Å². The summed E-state index contributed by atoms with van der Waals surface area (Å²) in [6.07, 6.45) is 12.1. The third-order valence-electron chi connectivity index (χ3n) is 5.87. The molecule has 24 heavy (non-hydrogen) atoms. The van der Waals surface area contributed by atoms with Crippen LogP contribution < -0.4 is 0 Å². The summed E-state index contributed by atoms with van der Waals surface area (Å²) in [6.45, 7) is 6.69. The molecule has 1 aromatic rings. The molecule has 0 bridgehead atoms. The third-order valence-corrected chi connectivity index (χ3v) is 5.87. The van der Waals surface area contributed by atoms with Crippen molar-refractivity contribution in [2.45, 2.75) is 90.3 Å². The molecule has 3 rings (SSSR count). The minimum absolute atomic E-state index is 0.00436. The van der Waals surface area contributed by atoms with Crippen molar-refractivity contribution in [1.29, 1.82) is 0 Å². The molecule has 0 unspecified atom stereocenters. The zero-order valence-electron chi connectivity index (χ0n) is 15.8. The van der Waals surface area contributed by atoms with Crippen molar-refractivity contribution in [2.24, 2.45) is 5.92 Å². The molecule has 132 valence electrons. The van der Waals surface area contributed by atoms with E-state index >= 15 is 0 Å². The first kappa shape index (κ1) is 17.7. The molecule has 1 nitrogen and oxygen atoms in total. The van der Waals surface area contributed by atoms with Crippen LogP contribution in [-0.2, 0) is 4.74 Å². The van der Waals surface area contributed by atoms with Gasteiger partial charge in [0.1, 0.15) is 0 Å². The van der Waals surface area contributed by atoms with Crippen LogP contribution in [0.15, 0.2) is 35.9 Å². The molecule has 0 saturated heterocycles. The van der Waals surface area contributed by atoms with Crippen LogP contribution >= 0.6 is 0 Å². The highest BCUT2D eigenvalue weighted by Crippen LogP contribution is 2.57. The van der Waals surface area contributed by atoms with Crippen molar-refractivity contribution in [3.05, 3.63) is 41.5 Å². The van der Waals surface area contributed by atoms with Gasteiger partial charge in [0.25, 0.3) is 0 Å². The lowest BCUT2D eigenvalue weighted by Gasteiger charge is -2.36. The number of ether oxygens (including phenoxy) is 1. The Morgan fingerprint density at radius 3 is 2.62 bits per heavy atom. The standard InChI is InChI=1S/C23H34O/c1-4-5-6-8-14-20-17-21-15-11-16-23(21,24-18(2)3)22(20)19-12-9-7-10-13-19/h7,9-10,12-13,18,21H,4-6,8,11,14-17H2,1-3H3/t21-,23+/m1/s1. The lowest BCUT2D eigenvalue weighted by molar-refractivity contribution is -0.0568. The van der Waals surface area contributed by atoms with Crippen LogP contribution in [0.4, 0.5) is 0 Å². The van der Waals surface area contributed by atoms with Gasteiger partial charge in [-0.15, -0.1) is 0 Å².